The summed E-state index contributed by atoms with van der Waals surface area (Å²) in [6.07, 6.45) is 1.63. The average molecular weight is 459 g/mol. The van der Waals surface area contributed by atoms with Gasteiger partial charge in [-0.1, -0.05) is 59.1 Å². The van der Waals surface area contributed by atoms with E-state index in [1.165, 1.54) is 0 Å². The largest absolute Gasteiger partial charge is 0.489 e. The van der Waals surface area contributed by atoms with E-state index in [1.54, 1.807) is 24.3 Å². The van der Waals surface area contributed by atoms with Crippen LogP contribution in [-0.2, 0) is 16.1 Å². The van der Waals surface area contributed by atoms with Gasteiger partial charge in [-0.2, -0.15) is 0 Å². The van der Waals surface area contributed by atoms with E-state index in [0.29, 0.717) is 33.0 Å². The Morgan fingerprint density at radius 2 is 1.73 bits per heavy atom. The topological polar surface area (TPSA) is 47.9 Å². The molecule has 7 heteroatoms. The minimum Gasteiger partial charge on any atom is -0.489 e. The van der Waals surface area contributed by atoms with Crippen molar-refractivity contribution in [1.29, 1.82) is 0 Å². The summed E-state index contributed by atoms with van der Waals surface area (Å²) in [5, 5.41) is 1.49. The summed E-state index contributed by atoms with van der Waals surface area (Å²) >= 11 is 18.1. The molecule has 1 aliphatic rings. The first-order valence-electron chi connectivity index (χ1n) is 8.93. The van der Waals surface area contributed by atoms with Gasteiger partial charge in [0.25, 0.3) is 0 Å². The van der Waals surface area contributed by atoms with Crippen molar-refractivity contribution in [2.45, 2.75) is 6.61 Å². The van der Waals surface area contributed by atoms with Gasteiger partial charge in [-0.15, -0.1) is 0 Å². The third-order valence-corrected chi connectivity index (χ3v) is 5.02. The second-order valence-corrected chi connectivity index (χ2v) is 7.73. The van der Waals surface area contributed by atoms with Crippen LogP contribution in [0.4, 0.5) is 0 Å². The molecule has 1 heterocycles. The molecular weight excluding hydrogens is 445 g/mol. The van der Waals surface area contributed by atoms with Gasteiger partial charge in [-0.3, -0.25) is 0 Å². The average Bonchev–Trinajstić information content (AvgIpc) is 3.07. The van der Waals surface area contributed by atoms with Crippen LogP contribution in [0.3, 0.4) is 0 Å². The van der Waals surface area contributed by atoms with Gasteiger partial charge in [0.2, 0.25) is 5.90 Å². The number of carbonyl (C=O) groups is 1. The Labute approximate surface area is 188 Å². The highest BCUT2D eigenvalue weighted by atomic mass is 35.5. The fraction of sp³-hybridized carbons (Fsp3) is 0.0435. The van der Waals surface area contributed by atoms with E-state index in [0.717, 1.165) is 11.1 Å². The van der Waals surface area contributed by atoms with Crippen molar-refractivity contribution in [3.8, 4) is 5.75 Å². The number of rotatable bonds is 5. The minimum atomic E-state index is -0.554. The van der Waals surface area contributed by atoms with Gasteiger partial charge in [-0.05, 0) is 59.7 Å². The first kappa shape index (κ1) is 20.5. The number of hydrogen-bond acceptors (Lipinski definition) is 4. The van der Waals surface area contributed by atoms with Crippen LogP contribution < -0.4 is 4.74 Å². The van der Waals surface area contributed by atoms with E-state index in [9.17, 15) is 4.79 Å². The number of benzene rings is 3. The number of aliphatic imine (C=N–C) groups is 1. The lowest BCUT2D eigenvalue weighted by molar-refractivity contribution is -0.129. The number of ether oxygens (including phenoxy) is 2. The number of halogens is 3. The van der Waals surface area contributed by atoms with Crippen molar-refractivity contribution in [2.75, 3.05) is 0 Å². The number of cyclic esters (lactones) is 1. The Balaban J connectivity index is 1.53. The Kier molecular flexibility index (Phi) is 6.09. The molecule has 0 aliphatic carbocycles. The quantitative estimate of drug-likeness (QED) is 0.321. The highest BCUT2D eigenvalue weighted by Crippen LogP contribution is 2.27. The van der Waals surface area contributed by atoms with Crippen molar-refractivity contribution in [1.82, 2.24) is 0 Å². The van der Waals surface area contributed by atoms with Crippen LogP contribution in [0, 0.1) is 0 Å². The Bertz CT molecular complexity index is 1190. The molecule has 0 saturated carbocycles. The molecule has 0 unspecified atom stereocenters. The van der Waals surface area contributed by atoms with E-state index in [2.05, 4.69) is 4.99 Å². The fourth-order valence-corrected chi connectivity index (χ4v) is 3.53. The third kappa shape index (κ3) is 4.85. The van der Waals surface area contributed by atoms with Gasteiger partial charge in [0.05, 0.1) is 10.6 Å². The van der Waals surface area contributed by atoms with Crippen molar-refractivity contribution in [2.24, 2.45) is 4.99 Å². The highest BCUT2D eigenvalue weighted by Gasteiger charge is 2.25. The van der Waals surface area contributed by atoms with Gasteiger partial charge in [-0.25, -0.2) is 9.79 Å². The van der Waals surface area contributed by atoms with E-state index < -0.39 is 5.97 Å². The molecule has 0 aromatic heterocycles. The zero-order valence-electron chi connectivity index (χ0n) is 15.4. The standard InChI is InChI=1S/C23H14Cl3NO3/c24-16-5-1-4-15(9-16)13-29-18-6-2-3-14(10-18)11-21-23(28)30-22(27-21)19-8-7-17(25)12-20(19)26/h1-12H,13H2/b21-11-. The number of carbonyl (C=O) groups excluding carboxylic acids is 1. The Morgan fingerprint density at radius 3 is 2.53 bits per heavy atom. The molecule has 0 spiro atoms. The second-order valence-electron chi connectivity index (χ2n) is 6.45. The monoisotopic (exact) mass is 457 g/mol. The van der Waals surface area contributed by atoms with Gasteiger partial charge in [0.15, 0.2) is 5.70 Å². The Hall–Kier alpha value is -2.79. The minimum absolute atomic E-state index is 0.140. The van der Waals surface area contributed by atoms with Crippen LogP contribution in [0.5, 0.6) is 5.75 Å². The predicted molar refractivity (Wildman–Crippen MR) is 119 cm³/mol. The smallest absolute Gasteiger partial charge is 0.363 e. The third-order valence-electron chi connectivity index (χ3n) is 4.24. The first-order chi connectivity index (χ1) is 14.5. The molecule has 30 heavy (non-hydrogen) atoms. The summed E-state index contributed by atoms with van der Waals surface area (Å²) < 4.78 is 11.1. The molecule has 0 atom stereocenters. The van der Waals surface area contributed by atoms with Crippen molar-refractivity contribution in [3.63, 3.8) is 0 Å². The van der Waals surface area contributed by atoms with Gasteiger partial charge >= 0.3 is 5.97 Å². The molecule has 0 radical (unpaired) electrons. The molecule has 150 valence electrons. The Morgan fingerprint density at radius 1 is 0.933 bits per heavy atom. The summed E-state index contributed by atoms with van der Waals surface area (Å²) in [5.74, 6) is 0.239. The summed E-state index contributed by atoms with van der Waals surface area (Å²) in [6.45, 7) is 0.375. The molecule has 4 nitrogen and oxygen atoms in total. The molecule has 4 rings (SSSR count). The van der Waals surface area contributed by atoms with Crippen LogP contribution in [0.15, 0.2) is 77.4 Å². The molecule has 1 aliphatic heterocycles. The lowest BCUT2D eigenvalue weighted by atomic mass is 10.2. The van der Waals surface area contributed by atoms with E-state index in [-0.39, 0.29) is 11.6 Å². The van der Waals surface area contributed by atoms with Crippen LogP contribution in [0.1, 0.15) is 16.7 Å². The summed E-state index contributed by atoms with van der Waals surface area (Å²) in [6, 6.07) is 19.7. The first-order valence-corrected chi connectivity index (χ1v) is 10.1. The molecule has 3 aromatic rings. The number of esters is 1. The maximum absolute atomic E-state index is 12.3. The van der Waals surface area contributed by atoms with Crippen molar-refractivity contribution in [3.05, 3.63) is 104 Å². The fourth-order valence-electron chi connectivity index (χ4n) is 2.83. The summed E-state index contributed by atoms with van der Waals surface area (Å²) in [4.78, 5) is 16.5. The number of nitrogens with zero attached hydrogens (tertiary/aromatic N) is 1. The normalized spacial score (nSPS) is 14.6. The van der Waals surface area contributed by atoms with Crippen LogP contribution in [-0.4, -0.2) is 11.9 Å². The van der Waals surface area contributed by atoms with Gasteiger partial charge in [0.1, 0.15) is 12.4 Å². The highest BCUT2D eigenvalue weighted by molar-refractivity contribution is 6.37. The van der Waals surface area contributed by atoms with E-state index >= 15 is 0 Å². The SMILES string of the molecule is O=C1OC(c2ccc(Cl)cc2Cl)=N/C1=C\c1cccc(OCc2cccc(Cl)c2)c1. The zero-order valence-corrected chi connectivity index (χ0v) is 17.7. The van der Waals surface area contributed by atoms with Crippen LogP contribution in [0.2, 0.25) is 15.1 Å². The van der Waals surface area contributed by atoms with Crippen molar-refractivity contribution >= 4 is 52.7 Å². The second kappa shape index (κ2) is 8.92. The zero-order chi connectivity index (χ0) is 21.1. The molecule has 0 saturated heterocycles. The predicted octanol–water partition coefficient (Wildman–Crippen LogP) is 6.57. The molecule has 0 bridgehead atoms. The lowest BCUT2D eigenvalue weighted by Crippen LogP contribution is -2.05. The molecule has 0 N–H and O–H groups in total. The van der Waals surface area contributed by atoms with Crippen molar-refractivity contribution < 1.29 is 14.3 Å². The molecule has 3 aromatic carbocycles. The van der Waals surface area contributed by atoms with E-state index in [1.807, 2.05) is 48.5 Å². The van der Waals surface area contributed by atoms with Crippen LogP contribution >= 0.6 is 34.8 Å². The maximum Gasteiger partial charge on any atom is 0.363 e. The summed E-state index contributed by atoms with van der Waals surface area (Å²) in [5.41, 5.74) is 2.37. The summed E-state index contributed by atoms with van der Waals surface area (Å²) in [7, 11) is 0. The van der Waals surface area contributed by atoms with E-state index in [4.69, 9.17) is 44.3 Å². The number of hydrogen-bond donors (Lipinski definition) is 0. The molecule has 0 amide bonds. The lowest BCUT2D eigenvalue weighted by Gasteiger charge is -2.07. The molecular formula is C23H14Cl3NO3. The van der Waals surface area contributed by atoms with Crippen LogP contribution in [0.25, 0.3) is 6.08 Å². The molecule has 0 fully saturated rings. The van der Waals surface area contributed by atoms with Gasteiger partial charge < -0.3 is 9.47 Å². The van der Waals surface area contributed by atoms with Gasteiger partial charge in [0, 0.05) is 10.0 Å². The maximum atomic E-state index is 12.3.